The Hall–Kier alpha value is -1.92. The van der Waals surface area contributed by atoms with E-state index in [1.165, 1.54) is 4.68 Å². The van der Waals surface area contributed by atoms with Crippen LogP contribution in [0, 0.1) is 0 Å². The van der Waals surface area contributed by atoms with E-state index in [2.05, 4.69) is 10.3 Å². The summed E-state index contributed by atoms with van der Waals surface area (Å²) in [5.41, 5.74) is 1.23. The van der Waals surface area contributed by atoms with Crippen molar-refractivity contribution in [3.8, 4) is 5.75 Å². The van der Waals surface area contributed by atoms with Crippen molar-refractivity contribution in [3.05, 3.63) is 41.7 Å². The number of ether oxygens (including phenoxy) is 1. The van der Waals surface area contributed by atoms with Crippen LogP contribution in [-0.4, -0.2) is 32.3 Å². The molecule has 0 fully saturated rings. The first-order valence-electron chi connectivity index (χ1n) is 5.55. The Morgan fingerprint density at radius 1 is 1.44 bits per heavy atom. The van der Waals surface area contributed by atoms with Crippen LogP contribution in [-0.2, 0) is 13.2 Å². The predicted octanol–water partition coefficient (Wildman–Crippen LogP) is 0.513. The molecule has 6 nitrogen and oxygen atoms in total. The minimum atomic E-state index is -0.701. The lowest BCUT2D eigenvalue weighted by molar-refractivity contribution is 0.150. The molecule has 0 aliphatic rings. The van der Waals surface area contributed by atoms with Gasteiger partial charge in [-0.25, -0.2) is 4.68 Å². The maximum Gasteiger partial charge on any atom is 0.119 e. The second kappa shape index (κ2) is 5.61. The normalized spacial score (nSPS) is 12.4. The van der Waals surface area contributed by atoms with Gasteiger partial charge in [-0.2, -0.15) is 0 Å². The molecule has 0 aliphatic heterocycles. The van der Waals surface area contributed by atoms with Crippen LogP contribution >= 0.6 is 0 Å². The summed E-state index contributed by atoms with van der Waals surface area (Å²) in [6.07, 6.45) is 0.900. The summed E-state index contributed by atoms with van der Waals surface area (Å²) in [5.74, 6) is 0.696. The van der Waals surface area contributed by atoms with Crippen LogP contribution in [0.1, 0.15) is 17.4 Å². The molecule has 2 aromatic rings. The maximum absolute atomic E-state index is 10.1. The Bertz CT molecular complexity index is 513. The molecule has 6 heteroatoms. The zero-order chi connectivity index (χ0) is 13.0. The van der Waals surface area contributed by atoms with E-state index in [0.717, 1.165) is 5.56 Å². The van der Waals surface area contributed by atoms with Gasteiger partial charge in [0.1, 0.15) is 11.4 Å². The highest BCUT2D eigenvalue weighted by molar-refractivity contribution is 5.29. The Morgan fingerprint density at radius 3 is 2.94 bits per heavy atom. The molecule has 1 atom stereocenters. The number of benzene rings is 1. The Kier molecular flexibility index (Phi) is 3.91. The molecule has 2 rings (SSSR count). The molecule has 0 radical (unpaired) electrons. The van der Waals surface area contributed by atoms with Crippen molar-refractivity contribution in [3.63, 3.8) is 0 Å². The van der Waals surface area contributed by atoms with E-state index in [0.29, 0.717) is 11.4 Å². The molecular weight excluding hydrogens is 234 g/mol. The molecule has 1 unspecified atom stereocenters. The van der Waals surface area contributed by atoms with Gasteiger partial charge in [0.25, 0.3) is 0 Å². The van der Waals surface area contributed by atoms with Gasteiger partial charge < -0.3 is 14.9 Å². The summed E-state index contributed by atoms with van der Waals surface area (Å²) in [6.45, 7) is 0.120. The standard InChI is InChI=1S/C12H15N3O3/c1-18-11-4-2-3-9(5-11)12(17)7-15-6-10(8-16)13-14-15/h2-6,12,16-17H,7-8H2,1H3. The third kappa shape index (κ3) is 2.85. The molecule has 0 spiro atoms. The molecule has 0 aliphatic carbocycles. The van der Waals surface area contributed by atoms with Crippen molar-refractivity contribution in [1.82, 2.24) is 15.0 Å². The van der Waals surface area contributed by atoms with Crippen LogP contribution < -0.4 is 4.74 Å². The highest BCUT2D eigenvalue weighted by Gasteiger charge is 2.10. The quantitative estimate of drug-likeness (QED) is 0.807. The van der Waals surface area contributed by atoms with Gasteiger partial charge in [-0.1, -0.05) is 17.3 Å². The second-order valence-corrected chi connectivity index (χ2v) is 3.88. The van der Waals surface area contributed by atoms with E-state index in [-0.39, 0.29) is 13.2 Å². The van der Waals surface area contributed by atoms with E-state index in [1.54, 1.807) is 19.4 Å². The number of hydrogen-bond donors (Lipinski definition) is 2. The zero-order valence-corrected chi connectivity index (χ0v) is 10.0. The first-order valence-corrected chi connectivity index (χ1v) is 5.55. The molecule has 1 aromatic heterocycles. The van der Waals surface area contributed by atoms with Gasteiger partial charge in [0.2, 0.25) is 0 Å². The molecule has 18 heavy (non-hydrogen) atoms. The van der Waals surface area contributed by atoms with E-state index >= 15 is 0 Å². The third-order valence-corrected chi connectivity index (χ3v) is 2.59. The maximum atomic E-state index is 10.1. The van der Waals surface area contributed by atoms with E-state index in [1.807, 2.05) is 18.2 Å². The summed E-state index contributed by atoms with van der Waals surface area (Å²) in [4.78, 5) is 0. The molecule has 1 heterocycles. The Balaban J connectivity index is 2.08. The molecule has 0 saturated carbocycles. The number of aromatic nitrogens is 3. The lowest BCUT2D eigenvalue weighted by Crippen LogP contribution is -2.09. The van der Waals surface area contributed by atoms with Gasteiger partial charge in [-0.3, -0.25) is 0 Å². The molecule has 2 N–H and O–H groups in total. The average Bonchev–Trinajstić information content (AvgIpc) is 2.86. The molecule has 96 valence electrons. The van der Waals surface area contributed by atoms with Crippen molar-refractivity contribution in [2.75, 3.05) is 7.11 Å². The fourth-order valence-corrected chi connectivity index (χ4v) is 1.63. The highest BCUT2D eigenvalue weighted by atomic mass is 16.5. The lowest BCUT2D eigenvalue weighted by atomic mass is 10.1. The van der Waals surface area contributed by atoms with Crippen molar-refractivity contribution in [2.24, 2.45) is 0 Å². The molecule has 0 amide bonds. The van der Waals surface area contributed by atoms with Crippen molar-refractivity contribution >= 4 is 0 Å². The first-order chi connectivity index (χ1) is 8.72. The van der Waals surface area contributed by atoms with Gasteiger partial charge in [-0.15, -0.1) is 5.10 Å². The van der Waals surface area contributed by atoms with E-state index in [9.17, 15) is 5.11 Å². The van der Waals surface area contributed by atoms with Gasteiger partial charge in [-0.05, 0) is 17.7 Å². The summed E-state index contributed by atoms with van der Waals surface area (Å²) in [5, 5.41) is 26.5. The smallest absolute Gasteiger partial charge is 0.119 e. The monoisotopic (exact) mass is 249 g/mol. The van der Waals surface area contributed by atoms with Crippen molar-refractivity contribution in [2.45, 2.75) is 19.3 Å². The Labute approximate surface area is 104 Å². The van der Waals surface area contributed by atoms with Crippen molar-refractivity contribution in [1.29, 1.82) is 0 Å². The summed E-state index contributed by atoms with van der Waals surface area (Å²) >= 11 is 0. The highest BCUT2D eigenvalue weighted by Crippen LogP contribution is 2.20. The fourth-order valence-electron chi connectivity index (χ4n) is 1.63. The Morgan fingerprint density at radius 2 is 2.28 bits per heavy atom. The number of aliphatic hydroxyl groups is 2. The minimum Gasteiger partial charge on any atom is -0.497 e. The second-order valence-electron chi connectivity index (χ2n) is 3.88. The van der Waals surface area contributed by atoms with Gasteiger partial charge >= 0.3 is 0 Å². The third-order valence-electron chi connectivity index (χ3n) is 2.59. The topological polar surface area (TPSA) is 80.4 Å². The summed E-state index contributed by atoms with van der Waals surface area (Å²) in [6, 6.07) is 7.22. The van der Waals surface area contributed by atoms with Crippen LogP contribution in [0.5, 0.6) is 5.75 Å². The summed E-state index contributed by atoms with van der Waals surface area (Å²) in [7, 11) is 1.58. The average molecular weight is 249 g/mol. The van der Waals surface area contributed by atoms with Crippen LogP contribution in [0.15, 0.2) is 30.5 Å². The summed E-state index contributed by atoms with van der Waals surface area (Å²) < 4.78 is 6.59. The number of aliphatic hydroxyl groups excluding tert-OH is 2. The minimum absolute atomic E-state index is 0.157. The fraction of sp³-hybridized carbons (Fsp3) is 0.333. The largest absolute Gasteiger partial charge is 0.497 e. The first kappa shape index (κ1) is 12.5. The molecule has 0 saturated heterocycles. The van der Waals surface area contributed by atoms with Crippen LogP contribution in [0.2, 0.25) is 0 Å². The van der Waals surface area contributed by atoms with Gasteiger partial charge in [0.15, 0.2) is 0 Å². The van der Waals surface area contributed by atoms with Gasteiger partial charge in [0.05, 0.1) is 32.6 Å². The lowest BCUT2D eigenvalue weighted by Gasteiger charge is -2.11. The van der Waals surface area contributed by atoms with Crippen LogP contribution in [0.3, 0.4) is 0 Å². The molecule has 1 aromatic carbocycles. The van der Waals surface area contributed by atoms with Gasteiger partial charge in [0, 0.05) is 0 Å². The zero-order valence-electron chi connectivity index (χ0n) is 10.0. The van der Waals surface area contributed by atoms with E-state index in [4.69, 9.17) is 9.84 Å². The predicted molar refractivity (Wildman–Crippen MR) is 63.9 cm³/mol. The number of methoxy groups -OCH3 is 1. The number of hydrogen-bond acceptors (Lipinski definition) is 5. The van der Waals surface area contributed by atoms with Crippen LogP contribution in [0.25, 0.3) is 0 Å². The van der Waals surface area contributed by atoms with Crippen LogP contribution in [0.4, 0.5) is 0 Å². The molecule has 0 bridgehead atoms. The van der Waals surface area contributed by atoms with Crippen molar-refractivity contribution < 1.29 is 14.9 Å². The number of nitrogens with zero attached hydrogens (tertiary/aromatic N) is 3. The number of rotatable bonds is 5. The SMILES string of the molecule is COc1cccc(C(O)Cn2cc(CO)nn2)c1. The molecular formula is C12H15N3O3. The van der Waals surface area contributed by atoms with E-state index < -0.39 is 6.10 Å².